The van der Waals surface area contributed by atoms with E-state index < -0.39 is 0 Å². The summed E-state index contributed by atoms with van der Waals surface area (Å²) in [5.41, 5.74) is 5.62. The van der Waals surface area contributed by atoms with E-state index >= 15 is 0 Å². The monoisotopic (exact) mass is 474 g/mol. The predicted octanol–water partition coefficient (Wildman–Crippen LogP) is 4.99. The molecule has 0 saturated carbocycles. The lowest BCUT2D eigenvalue weighted by Crippen LogP contribution is -2.31. The van der Waals surface area contributed by atoms with Crippen LogP contribution in [-0.4, -0.2) is 45.2 Å². The first-order valence-corrected chi connectivity index (χ1v) is 11.6. The van der Waals surface area contributed by atoms with Crippen LogP contribution < -0.4 is 19.5 Å². The average molecular weight is 475 g/mol. The SMILES string of the molecule is C=CC(=O)NCCN(C)Cc1c(OC)cc(OCc2cccc(-c3ccccc3)c2C)cc1OC. The number of hydrogen-bond donors (Lipinski definition) is 1. The van der Waals surface area contributed by atoms with Gasteiger partial charge in [-0.2, -0.15) is 0 Å². The Hall–Kier alpha value is -3.77. The molecule has 35 heavy (non-hydrogen) atoms. The van der Waals surface area contributed by atoms with E-state index in [1.807, 2.05) is 37.4 Å². The molecule has 0 bridgehead atoms. The minimum Gasteiger partial charge on any atom is -0.496 e. The smallest absolute Gasteiger partial charge is 0.243 e. The molecule has 0 aliphatic carbocycles. The first-order chi connectivity index (χ1) is 17.0. The number of hydrogen-bond acceptors (Lipinski definition) is 5. The zero-order valence-corrected chi connectivity index (χ0v) is 21.0. The van der Waals surface area contributed by atoms with Crippen LogP contribution >= 0.6 is 0 Å². The van der Waals surface area contributed by atoms with Crippen molar-refractivity contribution in [2.45, 2.75) is 20.1 Å². The van der Waals surface area contributed by atoms with Crippen LogP contribution in [0.4, 0.5) is 0 Å². The second-order valence-corrected chi connectivity index (χ2v) is 8.28. The summed E-state index contributed by atoms with van der Waals surface area (Å²) < 4.78 is 17.5. The Labute approximate surface area is 208 Å². The third-order valence-corrected chi connectivity index (χ3v) is 5.91. The van der Waals surface area contributed by atoms with Gasteiger partial charge in [-0.3, -0.25) is 4.79 Å². The van der Waals surface area contributed by atoms with Gasteiger partial charge in [-0.15, -0.1) is 0 Å². The van der Waals surface area contributed by atoms with Crippen molar-refractivity contribution in [3.63, 3.8) is 0 Å². The van der Waals surface area contributed by atoms with Crippen LogP contribution in [-0.2, 0) is 17.9 Å². The Morgan fingerprint density at radius 2 is 1.71 bits per heavy atom. The van der Waals surface area contributed by atoms with Gasteiger partial charge in [0.2, 0.25) is 5.91 Å². The van der Waals surface area contributed by atoms with Crippen molar-refractivity contribution in [3.8, 4) is 28.4 Å². The van der Waals surface area contributed by atoms with Gasteiger partial charge in [0.1, 0.15) is 23.9 Å². The van der Waals surface area contributed by atoms with E-state index in [4.69, 9.17) is 14.2 Å². The highest BCUT2D eigenvalue weighted by Crippen LogP contribution is 2.35. The predicted molar refractivity (Wildman–Crippen MR) is 140 cm³/mol. The average Bonchev–Trinajstić information content (AvgIpc) is 2.88. The summed E-state index contributed by atoms with van der Waals surface area (Å²) in [5.74, 6) is 1.87. The molecule has 0 saturated heterocycles. The first kappa shape index (κ1) is 25.8. The zero-order chi connectivity index (χ0) is 25.2. The Kier molecular flexibility index (Phi) is 9.32. The van der Waals surface area contributed by atoms with Gasteiger partial charge >= 0.3 is 0 Å². The van der Waals surface area contributed by atoms with Crippen molar-refractivity contribution in [1.29, 1.82) is 0 Å². The molecule has 3 aromatic carbocycles. The van der Waals surface area contributed by atoms with E-state index in [0.717, 1.165) is 11.1 Å². The molecule has 184 valence electrons. The summed E-state index contributed by atoms with van der Waals surface area (Å²) in [6, 6.07) is 20.4. The number of methoxy groups -OCH3 is 2. The van der Waals surface area contributed by atoms with E-state index in [0.29, 0.717) is 43.5 Å². The third kappa shape index (κ3) is 6.87. The number of carbonyl (C=O) groups excluding carboxylic acids is 1. The maximum absolute atomic E-state index is 11.4. The second kappa shape index (κ2) is 12.6. The van der Waals surface area contributed by atoms with Crippen LogP contribution in [0, 0.1) is 6.92 Å². The zero-order valence-electron chi connectivity index (χ0n) is 21.0. The van der Waals surface area contributed by atoms with Crippen LogP contribution in [0.15, 0.2) is 73.3 Å². The topological polar surface area (TPSA) is 60.0 Å². The summed E-state index contributed by atoms with van der Waals surface area (Å²) in [7, 11) is 5.26. The van der Waals surface area contributed by atoms with Crippen molar-refractivity contribution in [2.24, 2.45) is 0 Å². The van der Waals surface area contributed by atoms with Crippen LogP contribution in [0.25, 0.3) is 11.1 Å². The van der Waals surface area contributed by atoms with Gasteiger partial charge in [-0.25, -0.2) is 0 Å². The largest absolute Gasteiger partial charge is 0.496 e. The van der Waals surface area contributed by atoms with E-state index in [1.54, 1.807) is 14.2 Å². The van der Waals surface area contributed by atoms with Crippen LogP contribution in [0.5, 0.6) is 17.2 Å². The molecular formula is C29H34N2O4. The Morgan fingerprint density at radius 3 is 2.34 bits per heavy atom. The lowest BCUT2D eigenvalue weighted by atomic mass is 9.97. The molecule has 0 fully saturated rings. The summed E-state index contributed by atoms with van der Waals surface area (Å²) in [6.07, 6.45) is 1.27. The van der Waals surface area contributed by atoms with Gasteiger partial charge < -0.3 is 24.4 Å². The molecule has 1 N–H and O–H groups in total. The molecule has 3 rings (SSSR count). The van der Waals surface area contributed by atoms with E-state index in [-0.39, 0.29) is 5.91 Å². The maximum atomic E-state index is 11.4. The standard InChI is InChI=1S/C29H34N2O4/c1-6-29(32)30-15-16-31(3)19-26-27(33-4)17-24(18-28(26)34-5)35-20-23-13-10-14-25(21(23)2)22-11-8-7-9-12-22/h6-14,17-18H,1,15-16,19-20H2,2-5H3,(H,30,32). The van der Waals surface area contributed by atoms with Crippen LogP contribution in [0.1, 0.15) is 16.7 Å². The molecule has 1 amide bonds. The van der Waals surface area contributed by atoms with Gasteiger partial charge in [0.05, 0.1) is 19.8 Å². The Balaban J connectivity index is 1.73. The lowest BCUT2D eigenvalue weighted by molar-refractivity contribution is -0.116. The third-order valence-electron chi connectivity index (χ3n) is 5.91. The fraction of sp³-hybridized carbons (Fsp3) is 0.276. The number of nitrogens with zero attached hydrogens (tertiary/aromatic N) is 1. The van der Waals surface area contributed by atoms with E-state index in [9.17, 15) is 4.79 Å². The number of benzene rings is 3. The lowest BCUT2D eigenvalue weighted by Gasteiger charge is -2.21. The van der Waals surface area contributed by atoms with Gasteiger partial charge in [-0.1, -0.05) is 55.1 Å². The quantitative estimate of drug-likeness (QED) is 0.375. The number of ether oxygens (including phenoxy) is 3. The van der Waals surface area contributed by atoms with Gasteiger partial charge in [-0.05, 0) is 42.3 Å². The highest BCUT2D eigenvalue weighted by Gasteiger charge is 2.16. The normalized spacial score (nSPS) is 10.7. The van der Waals surface area contributed by atoms with Crippen molar-refractivity contribution < 1.29 is 19.0 Å². The fourth-order valence-corrected chi connectivity index (χ4v) is 3.92. The summed E-state index contributed by atoms with van der Waals surface area (Å²) in [4.78, 5) is 13.5. The maximum Gasteiger partial charge on any atom is 0.243 e. The molecule has 0 aromatic heterocycles. The molecule has 3 aromatic rings. The van der Waals surface area contributed by atoms with Crippen LogP contribution in [0.3, 0.4) is 0 Å². The number of rotatable bonds is 12. The summed E-state index contributed by atoms with van der Waals surface area (Å²) in [5, 5.41) is 2.79. The molecule has 6 heteroatoms. The molecule has 0 radical (unpaired) electrons. The van der Waals surface area contributed by atoms with E-state index in [2.05, 4.69) is 54.1 Å². The molecule has 0 unspecified atom stereocenters. The van der Waals surface area contributed by atoms with Crippen molar-refractivity contribution >= 4 is 5.91 Å². The van der Waals surface area contributed by atoms with Crippen molar-refractivity contribution in [2.75, 3.05) is 34.4 Å². The highest BCUT2D eigenvalue weighted by molar-refractivity contribution is 5.86. The Bertz CT molecular complexity index is 1120. The first-order valence-electron chi connectivity index (χ1n) is 11.6. The summed E-state index contributed by atoms with van der Waals surface area (Å²) in [6.45, 7) is 7.80. The molecule has 0 aliphatic heterocycles. The second-order valence-electron chi connectivity index (χ2n) is 8.28. The number of likely N-dealkylation sites (N-methyl/N-ethyl adjacent to an activating group) is 1. The minimum atomic E-state index is -0.181. The van der Waals surface area contributed by atoms with Gasteiger partial charge in [0.25, 0.3) is 0 Å². The van der Waals surface area contributed by atoms with Gasteiger partial charge in [0, 0.05) is 31.8 Å². The van der Waals surface area contributed by atoms with Crippen molar-refractivity contribution in [3.05, 3.63) is 90.0 Å². The molecule has 0 heterocycles. The number of amides is 1. The Morgan fingerprint density at radius 1 is 1.03 bits per heavy atom. The molecule has 0 aliphatic rings. The van der Waals surface area contributed by atoms with E-state index in [1.165, 1.54) is 22.8 Å². The highest BCUT2D eigenvalue weighted by atomic mass is 16.5. The molecule has 0 spiro atoms. The summed E-state index contributed by atoms with van der Waals surface area (Å²) >= 11 is 0. The molecule has 6 nitrogen and oxygen atoms in total. The number of nitrogens with one attached hydrogen (secondary N) is 1. The van der Waals surface area contributed by atoms with Gasteiger partial charge in [0.15, 0.2) is 0 Å². The van der Waals surface area contributed by atoms with Crippen molar-refractivity contribution in [1.82, 2.24) is 10.2 Å². The molecule has 0 atom stereocenters. The number of carbonyl (C=O) groups is 1. The van der Waals surface area contributed by atoms with Crippen LogP contribution in [0.2, 0.25) is 0 Å². The fourth-order valence-electron chi connectivity index (χ4n) is 3.92. The molecular weight excluding hydrogens is 440 g/mol. The minimum absolute atomic E-state index is 0.181.